The van der Waals surface area contributed by atoms with Crippen LogP contribution >= 0.6 is 11.8 Å². The zero-order chi connectivity index (χ0) is 18.2. The van der Waals surface area contributed by atoms with Crippen LogP contribution in [-0.2, 0) is 6.42 Å². The fourth-order valence-corrected chi connectivity index (χ4v) is 4.16. The van der Waals surface area contributed by atoms with E-state index in [0.717, 1.165) is 44.2 Å². The lowest BCUT2D eigenvalue weighted by Crippen LogP contribution is -2.40. The number of aromatic nitrogens is 2. The summed E-state index contributed by atoms with van der Waals surface area (Å²) in [6.07, 6.45) is 2.96. The van der Waals surface area contributed by atoms with Gasteiger partial charge in [0.05, 0.1) is 0 Å². The lowest BCUT2D eigenvalue weighted by molar-refractivity contribution is 0.371. The molecule has 2 aromatic rings. The molecule has 0 spiro atoms. The molecule has 1 aromatic carbocycles. The summed E-state index contributed by atoms with van der Waals surface area (Å²) in [6.45, 7) is 4.84. The minimum Gasteiger partial charge on any atom is -0.356 e. The van der Waals surface area contributed by atoms with E-state index < -0.39 is 0 Å². The summed E-state index contributed by atoms with van der Waals surface area (Å²) in [5, 5.41) is 7.28. The Kier molecular flexibility index (Phi) is 6.94. The zero-order valence-electron chi connectivity index (χ0n) is 15.5. The molecule has 0 aliphatic carbocycles. The number of rotatable bonds is 7. The van der Waals surface area contributed by atoms with Gasteiger partial charge in [-0.3, -0.25) is 4.99 Å². The standard InChI is InChI=1S/C19H27N5OS/c1-15-22-18(25-23-15)9-6-11-21-19(20-2)24-12-10-16(13-24)14-26-17-7-4-3-5-8-17/h3-5,7-8,16H,6,9-14H2,1-2H3,(H,20,21). The van der Waals surface area contributed by atoms with Crippen molar-refractivity contribution >= 4 is 17.7 Å². The molecule has 1 unspecified atom stereocenters. The van der Waals surface area contributed by atoms with E-state index in [1.807, 2.05) is 25.7 Å². The maximum atomic E-state index is 5.14. The average molecular weight is 374 g/mol. The van der Waals surface area contributed by atoms with Crippen molar-refractivity contribution in [2.45, 2.75) is 31.1 Å². The van der Waals surface area contributed by atoms with Crippen LogP contribution in [0.25, 0.3) is 0 Å². The maximum Gasteiger partial charge on any atom is 0.226 e. The smallest absolute Gasteiger partial charge is 0.226 e. The molecule has 0 bridgehead atoms. The minimum absolute atomic E-state index is 0.695. The number of aliphatic imine (C=N–C) groups is 1. The largest absolute Gasteiger partial charge is 0.356 e. The second-order valence-corrected chi connectivity index (χ2v) is 7.63. The van der Waals surface area contributed by atoms with Crippen molar-refractivity contribution in [3.05, 3.63) is 42.0 Å². The van der Waals surface area contributed by atoms with Crippen molar-refractivity contribution in [2.24, 2.45) is 10.9 Å². The third-order valence-corrected chi connectivity index (χ3v) is 5.69. The van der Waals surface area contributed by atoms with Gasteiger partial charge < -0.3 is 14.7 Å². The van der Waals surface area contributed by atoms with Gasteiger partial charge in [-0.1, -0.05) is 23.4 Å². The number of hydrogen-bond donors (Lipinski definition) is 1. The molecule has 1 atom stereocenters. The highest BCUT2D eigenvalue weighted by atomic mass is 32.2. The van der Waals surface area contributed by atoms with E-state index in [4.69, 9.17) is 4.52 Å². The first-order valence-electron chi connectivity index (χ1n) is 9.17. The summed E-state index contributed by atoms with van der Waals surface area (Å²) >= 11 is 1.95. The number of guanidine groups is 1. The van der Waals surface area contributed by atoms with E-state index in [1.54, 1.807) is 0 Å². The number of benzene rings is 1. The van der Waals surface area contributed by atoms with Crippen molar-refractivity contribution in [3.8, 4) is 0 Å². The summed E-state index contributed by atoms with van der Waals surface area (Å²) in [5.41, 5.74) is 0. The van der Waals surface area contributed by atoms with Crippen LogP contribution in [0.15, 0.2) is 44.7 Å². The lowest BCUT2D eigenvalue weighted by atomic mass is 10.2. The maximum absolute atomic E-state index is 5.14. The van der Waals surface area contributed by atoms with Gasteiger partial charge in [-0.15, -0.1) is 11.8 Å². The average Bonchev–Trinajstić information content (AvgIpc) is 3.30. The molecule has 1 saturated heterocycles. The molecule has 1 aliphatic heterocycles. The Balaban J connectivity index is 1.37. The van der Waals surface area contributed by atoms with Crippen molar-refractivity contribution in [3.63, 3.8) is 0 Å². The Morgan fingerprint density at radius 2 is 2.23 bits per heavy atom. The molecular weight excluding hydrogens is 346 g/mol. The predicted molar refractivity (Wildman–Crippen MR) is 106 cm³/mol. The van der Waals surface area contributed by atoms with Crippen LogP contribution in [-0.4, -0.2) is 53.4 Å². The number of likely N-dealkylation sites (tertiary alicyclic amines) is 1. The quantitative estimate of drug-likeness (QED) is 0.348. The molecule has 1 N–H and O–H groups in total. The Labute approximate surface area is 159 Å². The predicted octanol–water partition coefficient (Wildman–Crippen LogP) is 3.00. The molecule has 1 aromatic heterocycles. The van der Waals surface area contributed by atoms with Gasteiger partial charge in [0, 0.05) is 43.8 Å². The number of hydrogen-bond acceptors (Lipinski definition) is 5. The van der Waals surface area contributed by atoms with Gasteiger partial charge in [-0.2, -0.15) is 4.98 Å². The van der Waals surface area contributed by atoms with Crippen molar-refractivity contribution in [1.82, 2.24) is 20.4 Å². The summed E-state index contributed by atoms with van der Waals surface area (Å²) in [5.74, 6) is 4.27. The first-order chi connectivity index (χ1) is 12.7. The second-order valence-electron chi connectivity index (χ2n) is 6.54. The minimum atomic E-state index is 0.695. The number of aryl methyl sites for hydroxylation is 2. The topological polar surface area (TPSA) is 66.5 Å². The molecule has 26 heavy (non-hydrogen) atoms. The Bertz CT molecular complexity index is 703. The summed E-state index contributed by atoms with van der Waals surface area (Å²) in [6, 6.07) is 10.6. The van der Waals surface area contributed by atoms with Crippen LogP contribution in [0.5, 0.6) is 0 Å². The molecule has 3 rings (SSSR count). The highest BCUT2D eigenvalue weighted by Gasteiger charge is 2.24. The number of thioether (sulfide) groups is 1. The highest BCUT2D eigenvalue weighted by molar-refractivity contribution is 7.99. The van der Waals surface area contributed by atoms with Gasteiger partial charge in [0.25, 0.3) is 0 Å². The van der Waals surface area contributed by atoms with Gasteiger partial charge in [-0.05, 0) is 37.8 Å². The molecule has 1 aliphatic rings. The van der Waals surface area contributed by atoms with Crippen LogP contribution in [0.2, 0.25) is 0 Å². The van der Waals surface area contributed by atoms with E-state index in [2.05, 4.69) is 55.7 Å². The van der Waals surface area contributed by atoms with Gasteiger partial charge in [0.15, 0.2) is 11.8 Å². The summed E-state index contributed by atoms with van der Waals surface area (Å²) < 4.78 is 5.14. The second kappa shape index (κ2) is 9.62. The first kappa shape index (κ1) is 18.8. The van der Waals surface area contributed by atoms with E-state index in [0.29, 0.717) is 17.6 Å². The van der Waals surface area contributed by atoms with Crippen LogP contribution < -0.4 is 5.32 Å². The van der Waals surface area contributed by atoms with Gasteiger partial charge >= 0.3 is 0 Å². The Morgan fingerprint density at radius 3 is 2.96 bits per heavy atom. The lowest BCUT2D eigenvalue weighted by Gasteiger charge is -2.21. The van der Waals surface area contributed by atoms with Crippen molar-refractivity contribution in [2.75, 3.05) is 32.4 Å². The first-order valence-corrected chi connectivity index (χ1v) is 10.2. The van der Waals surface area contributed by atoms with Gasteiger partial charge in [0.1, 0.15) is 0 Å². The molecule has 140 valence electrons. The number of nitrogens with zero attached hydrogens (tertiary/aromatic N) is 4. The Hall–Kier alpha value is -2.02. The molecule has 0 saturated carbocycles. The molecule has 1 fully saturated rings. The number of nitrogens with one attached hydrogen (secondary N) is 1. The molecule has 0 radical (unpaired) electrons. The third-order valence-electron chi connectivity index (χ3n) is 4.45. The van der Waals surface area contributed by atoms with Crippen LogP contribution in [0.1, 0.15) is 24.6 Å². The molecule has 6 nitrogen and oxygen atoms in total. The van der Waals surface area contributed by atoms with E-state index in [9.17, 15) is 0 Å². The normalized spacial score (nSPS) is 17.7. The highest BCUT2D eigenvalue weighted by Crippen LogP contribution is 2.25. The van der Waals surface area contributed by atoms with Gasteiger partial charge in [0.2, 0.25) is 5.89 Å². The molecular formula is C19H27N5OS. The van der Waals surface area contributed by atoms with E-state index >= 15 is 0 Å². The molecule has 0 amide bonds. The Morgan fingerprint density at radius 1 is 1.38 bits per heavy atom. The van der Waals surface area contributed by atoms with Gasteiger partial charge in [-0.25, -0.2) is 0 Å². The van der Waals surface area contributed by atoms with Crippen molar-refractivity contribution in [1.29, 1.82) is 0 Å². The summed E-state index contributed by atoms with van der Waals surface area (Å²) in [7, 11) is 1.86. The fraction of sp³-hybridized carbons (Fsp3) is 0.526. The summed E-state index contributed by atoms with van der Waals surface area (Å²) in [4.78, 5) is 12.4. The van der Waals surface area contributed by atoms with E-state index in [1.165, 1.54) is 11.3 Å². The zero-order valence-corrected chi connectivity index (χ0v) is 16.3. The van der Waals surface area contributed by atoms with Crippen LogP contribution in [0.3, 0.4) is 0 Å². The van der Waals surface area contributed by atoms with Crippen LogP contribution in [0.4, 0.5) is 0 Å². The van der Waals surface area contributed by atoms with Crippen LogP contribution in [0, 0.1) is 12.8 Å². The fourth-order valence-electron chi connectivity index (χ4n) is 3.11. The van der Waals surface area contributed by atoms with E-state index in [-0.39, 0.29) is 0 Å². The molecule has 2 heterocycles. The third kappa shape index (κ3) is 5.49. The SMILES string of the molecule is CN=C(NCCCc1nc(C)no1)N1CCC(CSc2ccccc2)C1. The molecule has 7 heteroatoms. The van der Waals surface area contributed by atoms with Crippen molar-refractivity contribution < 1.29 is 4.52 Å². The monoisotopic (exact) mass is 373 g/mol.